The summed E-state index contributed by atoms with van der Waals surface area (Å²) in [6, 6.07) is 0. The number of hydrogen-bond acceptors (Lipinski definition) is 2. The van der Waals surface area contributed by atoms with Crippen LogP contribution in [0.4, 0.5) is 0 Å². The highest BCUT2D eigenvalue weighted by Crippen LogP contribution is 1.32. The summed E-state index contributed by atoms with van der Waals surface area (Å²) >= 11 is 0. The lowest BCUT2D eigenvalue weighted by molar-refractivity contribution is 0.956. The second kappa shape index (κ2) is 2.20. The van der Waals surface area contributed by atoms with E-state index in [1.807, 2.05) is 0 Å². The minimum atomic E-state index is 2.64. The second-order valence-electron chi connectivity index (χ2n) is 0.231. The van der Waals surface area contributed by atoms with Gasteiger partial charge in [-0.25, -0.2) is 0 Å². The van der Waals surface area contributed by atoms with Crippen molar-refractivity contribution in [1.82, 2.24) is 0 Å². The molecule has 4 heteroatoms. The van der Waals surface area contributed by atoms with Crippen molar-refractivity contribution in [1.29, 1.82) is 0 Å². The molecule has 0 saturated carbocycles. The molecule has 0 amide bonds. The minimum Gasteiger partial charge on any atom is -0.303 e. The lowest BCUT2D eigenvalue weighted by Gasteiger charge is -1.56. The van der Waals surface area contributed by atoms with Crippen molar-refractivity contribution >= 4 is 0 Å². The summed E-state index contributed by atoms with van der Waals surface area (Å²) in [4.78, 5) is 0. The van der Waals surface area contributed by atoms with Crippen molar-refractivity contribution in [3.8, 4) is 0 Å². The van der Waals surface area contributed by atoms with Crippen LogP contribution in [-0.2, 0) is 0 Å². The zero-order valence-electron chi connectivity index (χ0n) is 2.05. The highest BCUT2D eigenvalue weighted by molar-refractivity contribution is 3.79. The van der Waals surface area contributed by atoms with Crippen molar-refractivity contribution < 1.29 is 0 Å². The molecule has 0 bridgehead atoms. The van der Waals surface area contributed by atoms with Crippen LogP contribution in [0.1, 0.15) is 0 Å². The fourth-order valence-corrected chi connectivity index (χ4v) is 0. The van der Waals surface area contributed by atoms with Crippen LogP contribution < -0.4 is 11.7 Å². The molecular formula is H4N4. The molecule has 24 valence electrons. The van der Waals surface area contributed by atoms with E-state index in [0.29, 0.717) is 0 Å². The van der Waals surface area contributed by atoms with Crippen LogP contribution in [0, 0.1) is 0 Å². The maximum Gasteiger partial charge on any atom is -0.0594 e. The number of rotatable bonds is 0. The molecule has 0 aromatic rings. The number of nitrogens with zero attached hydrogens (tertiary/aromatic N) is 2. The quantitative estimate of drug-likeness (QED) is 0.218. The Balaban J connectivity index is 2.55. The van der Waals surface area contributed by atoms with E-state index in [1.165, 1.54) is 0 Å². The topological polar surface area (TPSA) is 76.8 Å². The third-order valence-corrected chi connectivity index (χ3v) is 0.0667. The van der Waals surface area contributed by atoms with Crippen LogP contribution in [0.3, 0.4) is 0 Å². The van der Waals surface area contributed by atoms with E-state index in [9.17, 15) is 0 Å². The zero-order chi connectivity index (χ0) is 3.41. The smallest absolute Gasteiger partial charge is 0.0594 e. The third-order valence-electron chi connectivity index (χ3n) is 0.0667. The lowest BCUT2D eigenvalue weighted by atomic mass is 12.6. The van der Waals surface area contributed by atoms with Crippen LogP contribution in [-0.4, -0.2) is 0 Å². The highest BCUT2D eigenvalue weighted by Gasteiger charge is 1.28. The first-order chi connectivity index (χ1) is 1.91. The van der Waals surface area contributed by atoms with E-state index >= 15 is 0 Å². The predicted octanol–water partition coefficient (Wildman–Crippen LogP) is -0.814. The Hall–Kier alpha value is -0.800. The monoisotopic (exact) mass is 60.0 g/mol. The molecule has 0 aromatic carbocycles. The average molecular weight is 60.1 g/mol. The summed E-state index contributed by atoms with van der Waals surface area (Å²) < 4.78 is 0. The number of hydrogen-bond donors (Lipinski definition) is 2. The van der Waals surface area contributed by atoms with E-state index in [2.05, 4.69) is 22.1 Å². The van der Waals surface area contributed by atoms with Gasteiger partial charge in [0.2, 0.25) is 0 Å². The number of nitrogens with two attached hydrogens (primary N) is 2. The summed E-state index contributed by atoms with van der Waals surface area (Å²) in [5.41, 5.74) is 0. The fraction of sp³-hybridized carbons (Fsp3) is 0. The van der Waals surface area contributed by atoms with Gasteiger partial charge < -0.3 is 11.7 Å². The van der Waals surface area contributed by atoms with Crippen molar-refractivity contribution in [2.24, 2.45) is 22.1 Å². The van der Waals surface area contributed by atoms with E-state index < -0.39 is 0 Å². The van der Waals surface area contributed by atoms with Gasteiger partial charge in [0.25, 0.3) is 0 Å². The maximum absolute atomic E-state index is 4.36. The maximum atomic E-state index is 4.36. The van der Waals surface area contributed by atoms with E-state index in [1.54, 1.807) is 0 Å². The Labute approximate surface area is 23.4 Å². The molecule has 0 atom stereocenters. The predicted molar refractivity (Wildman–Crippen MR) is 13.2 cm³/mol. The van der Waals surface area contributed by atoms with Crippen molar-refractivity contribution in [2.45, 2.75) is 0 Å². The summed E-state index contributed by atoms with van der Waals surface area (Å²) in [5.74, 6) is 8.72. The Bertz CT molecular complexity index is 15.2. The van der Waals surface area contributed by atoms with E-state index in [0.717, 1.165) is 0 Å². The fourth-order valence-electron chi connectivity index (χ4n) is 0. The van der Waals surface area contributed by atoms with E-state index in [4.69, 9.17) is 0 Å². The first-order valence-electron chi connectivity index (χ1n) is 0.716. The largest absolute Gasteiger partial charge is 0.303 e. The Morgan fingerprint density at radius 2 is 1.25 bits per heavy atom. The van der Waals surface area contributed by atoms with Gasteiger partial charge in [0.1, 0.15) is 0 Å². The zero-order valence-corrected chi connectivity index (χ0v) is 2.05. The van der Waals surface area contributed by atoms with Crippen molar-refractivity contribution in [2.75, 3.05) is 0 Å². The molecule has 0 aliphatic rings. The molecular weight excluding hydrogens is 56.0 g/mol. The van der Waals surface area contributed by atoms with Gasteiger partial charge >= 0.3 is 0 Å². The highest BCUT2D eigenvalue weighted by atomic mass is 15.4. The molecule has 0 fully saturated rings. The summed E-state index contributed by atoms with van der Waals surface area (Å²) in [7, 11) is 0. The Morgan fingerprint density at radius 1 is 1.00 bits per heavy atom. The normalized spacial score (nSPS) is 9.00. The molecule has 0 rings (SSSR count). The SMILES string of the molecule is N/N=N\N. The molecule has 0 radical (unpaired) electrons. The molecule has 0 aliphatic carbocycles. The second-order valence-corrected chi connectivity index (χ2v) is 0.231. The minimum absolute atomic E-state index is 2.64. The van der Waals surface area contributed by atoms with Crippen molar-refractivity contribution in [3.05, 3.63) is 0 Å². The van der Waals surface area contributed by atoms with Crippen LogP contribution in [0.5, 0.6) is 0 Å². The van der Waals surface area contributed by atoms with Gasteiger partial charge in [0.05, 0.1) is 0 Å². The molecule has 0 unspecified atom stereocenters. The molecule has 4 nitrogen and oxygen atoms in total. The van der Waals surface area contributed by atoms with Gasteiger partial charge in [-0.05, 0) is 0 Å². The van der Waals surface area contributed by atoms with Crippen LogP contribution in [0.2, 0.25) is 0 Å². The molecule has 0 aliphatic heterocycles. The first kappa shape index (κ1) is 3.20. The molecule has 4 heavy (non-hydrogen) atoms. The standard InChI is InChI=1S/H4N4/c1-3-4-2/h(H2,1,4)(H2,2,3). The van der Waals surface area contributed by atoms with Gasteiger partial charge in [-0.1, -0.05) is 10.4 Å². The Morgan fingerprint density at radius 3 is 1.25 bits per heavy atom. The van der Waals surface area contributed by atoms with Crippen molar-refractivity contribution in [3.63, 3.8) is 0 Å². The van der Waals surface area contributed by atoms with Gasteiger partial charge in [-0.2, -0.15) is 0 Å². The molecule has 0 heterocycles. The Kier molecular flexibility index (Phi) is 1.76. The summed E-state index contributed by atoms with van der Waals surface area (Å²) in [6.45, 7) is 0. The van der Waals surface area contributed by atoms with Gasteiger partial charge in [0, 0.05) is 0 Å². The third kappa shape index (κ3) is 1.20. The van der Waals surface area contributed by atoms with Gasteiger partial charge in [0.15, 0.2) is 0 Å². The molecule has 4 N–H and O–H groups in total. The average Bonchev–Trinajstić information content (AvgIpc) is 1.37. The van der Waals surface area contributed by atoms with Gasteiger partial charge in [-0.15, -0.1) is 0 Å². The van der Waals surface area contributed by atoms with E-state index in [-0.39, 0.29) is 0 Å². The van der Waals surface area contributed by atoms with Gasteiger partial charge in [-0.3, -0.25) is 0 Å². The van der Waals surface area contributed by atoms with Crippen LogP contribution >= 0.6 is 0 Å². The molecule has 0 spiro atoms. The lowest BCUT2D eigenvalue weighted by Crippen LogP contribution is -1.80. The summed E-state index contributed by atoms with van der Waals surface area (Å²) in [5, 5.41) is 5.28. The summed E-state index contributed by atoms with van der Waals surface area (Å²) in [6.07, 6.45) is 0. The molecule has 0 aromatic heterocycles. The van der Waals surface area contributed by atoms with Crippen LogP contribution in [0.15, 0.2) is 10.4 Å². The first-order valence-corrected chi connectivity index (χ1v) is 0.716. The van der Waals surface area contributed by atoms with Crippen LogP contribution in [0.25, 0.3) is 0 Å². The molecule has 0 saturated heterocycles.